The summed E-state index contributed by atoms with van der Waals surface area (Å²) in [6.45, 7) is 4.00. The summed E-state index contributed by atoms with van der Waals surface area (Å²) in [6, 6.07) is 0. The standard InChI is InChI=1S/C8H16O2.Cs.H/c1-3-5-6-7(4-2)8(9)10;;/h7H,3-6H2,1-2H3,(H,9,10);;. The molecule has 0 rings (SSSR count). The second kappa shape index (κ2) is 9.61. The Morgan fingerprint density at radius 3 is 2.27 bits per heavy atom. The quantitative estimate of drug-likeness (QED) is 0.830. The van der Waals surface area contributed by atoms with Crippen molar-refractivity contribution in [3.8, 4) is 0 Å². The summed E-state index contributed by atoms with van der Waals surface area (Å²) >= 11 is 0. The van der Waals surface area contributed by atoms with E-state index in [1.54, 1.807) is 0 Å². The minimum atomic E-state index is -0.643. The van der Waals surface area contributed by atoms with E-state index in [0.29, 0.717) is 0 Å². The second-order valence-electron chi connectivity index (χ2n) is 2.59. The van der Waals surface area contributed by atoms with Crippen molar-refractivity contribution in [3.63, 3.8) is 0 Å². The fourth-order valence-electron chi connectivity index (χ4n) is 0.953. The number of carboxylic acids is 1. The third-order valence-corrected chi connectivity index (χ3v) is 1.75. The number of carboxylic acid groups (broad SMARTS) is 1. The molecular weight excluding hydrogens is 261 g/mol. The Morgan fingerprint density at radius 1 is 1.45 bits per heavy atom. The zero-order chi connectivity index (χ0) is 7.98. The van der Waals surface area contributed by atoms with E-state index in [-0.39, 0.29) is 74.8 Å². The van der Waals surface area contributed by atoms with E-state index in [4.69, 9.17) is 5.11 Å². The molecule has 1 unspecified atom stereocenters. The molecule has 2 nitrogen and oxygen atoms in total. The van der Waals surface area contributed by atoms with Crippen molar-refractivity contribution in [1.82, 2.24) is 0 Å². The van der Waals surface area contributed by atoms with Crippen LogP contribution in [0.2, 0.25) is 0 Å². The predicted octanol–water partition coefficient (Wildman–Crippen LogP) is 1.64. The van der Waals surface area contributed by atoms with Crippen LogP contribution in [0.15, 0.2) is 0 Å². The molecule has 0 aromatic carbocycles. The van der Waals surface area contributed by atoms with Crippen LogP contribution in [0, 0.1) is 5.92 Å². The molecule has 0 bridgehead atoms. The molecule has 0 saturated heterocycles. The summed E-state index contributed by atoms with van der Waals surface area (Å²) in [5, 5.41) is 8.60. The van der Waals surface area contributed by atoms with Gasteiger partial charge in [-0.3, -0.25) is 4.79 Å². The van der Waals surface area contributed by atoms with Crippen LogP contribution >= 0.6 is 0 Å². The first-order valence-corrected chi connectivity index (χ1v) is 3.95. The Kier molecular flexibility index (Phi) is 13.1. The molecule has 0 fully saturated rings. The van der Waals surface area contributed by atoms with Crippen molar-refractivity contribution in [2.75, 3.05) is 0 Å². The minimum absolute atomic E-state index is 0. The van der Waals surface area contributed by atoms with Crippen molar-refractivity contribution in [1.29, 1.82) is 0 Å². The van der Waals surface area contributed by atoms with Crippen molar-refractivity contribution >= 4 is 74.9 Å². The molecule has 1 N–H and O–H groups in total. The molecule has 11 heavy (non-hydrogen) atoms. The van der Waals surface area contributed by atoms with E-state index < -0.39 is 5.97 Å². The summed E-state index contributed by atoms with van der Waals surface area (Å²) < 4.78 is 0. The van der Waals surface area contributed by atoms with E-state index >= 15 is 0 Å². The number of carbonyl (C=O) groups is 1. The maximum absolute atomic E-state index is 10.4. The van der Waals surface area contributed by atoms with Crippen molar-refractivity contribution in [2.24, 2.45) is 5.92 Å². The molecule has 0 aromatic heterocycles. The number of rotatable bonds is 5. The average Bonchev–Trinajstić information content (AvgIpc) is 1.89. The van der Waals surface area contributed by atoms with Gasteiger partial charge in [-0.1, -0.05) is 26.7 Å². The summed E-state index contributed by atoms with van der Waals surface area (Å²) in [5.41, 5.74) is 0. The van der Waals surface area contributed by atoms with Crippen LogP contribution in [0.3, 0.4) is 0 Å². The summed E-state index contributed by atoms with van der Waals surface area (Å²) in [6.07, 6.45) is 3.71. The first-order chi connectivity index (χ1) is 4.72. The van der Waals surface area contributed by atoms with Gasteiger partial charge in [-0.05, 0) is 12.8 Å². The molecule has 0 saturated carbocycles. The number of unbranched alkanes of at least 4 members (excludes halogenated alkanes) is 1. The first kappa shape index (κ1) is 15.0. The molecule has 0 aromatic rings. The second-order valence-corrected chi connectivity index (χ2v) is 2.59. The van der Waals surface area contributed by atoms with Gasteiger partial charge in [-0.25, -0.2) is 0 Å². The zero-order valence-corrected chi connectivity index (χ0v) is 6.76. The Hall–Kier alpha value is 1.52. The normalized spacial score (nSPS) is 11.8. The van der Waals surface area contributed by atoms with Crippen LogP contribution < -0.4 is 0 Å². The molecule has 0 aliphatic rings. The topological polar surface area (TPSA) is 37.3 Å². The van der Waals surface area contributed by atoms with Crippen molar-refractivity contribution in [2.45, 2.75) is 39.5 Å². The van der Waals surface area contributed by atoms with Gasteiger partial charge in [0.25, 0.3) is 0 Å². The molecule has 1 atom stereocenters. The van der Waals surface area contributed by atoms with E-state index in [2.05, 4.69) is 6.92 Å². The fourth-order valence-corrected chi connectivity index (χ4v) is 0.953. The van der Waals surface area contributed by atoms with Gasteiger partial charge >= 0.3 is 74.9 Å². The van der Waals surface area contributed by atoms with Crippen LogP contribution in [0.4, 0.5) is 0 Å². The third-order valence-electron chi connectivity index (χ3n) is 1.75. The summed E-state index contributed by atoms with van der Waals surface area (Å²) in [7, 11) is 0. The monoisotopic (exact) mass is 278 g/mol. The Labute approximate surface area is 128 Å². The Bertz CT molecular complexity index is 104. The van der Waals surface area contributed by atoms with Crippen molar-refractivity contribution in [3.05, 3.63) is 0 Å². The van der Waals surface area contributed by atoms with Gasteiger partial charge in [-0.15, -0.1) is 0 Å². The SMILES string of the molecule is CCCCC(CC)C(=O)O.[CsH]. The Morgan fingerprint density at radius 2 is 2.00 bits per heavy atom. The average molecular weight is 278 g/mol. The Balaban J connectivity index is 0. The molecular formula is C8H17CsO2. The molecule has 0 heterocycles. The van der Waals surface area contributed by atoms with Crippen LogP contribution in [-0.4, -0.2) is 80.0 Å². The van der Waals surface area contributed by atoms with E-state index in [9.17, 15) is 4.79 Å². The van der Waals surface area contributed by atoms with Crippen LogP contribution in [0.1, 0.15) is 39.5 Å². The van der Waals surface area contributed by atoms with Gasteiger partial charge in [0.1, 0.15) is 0 Å². The van der Waals surface area contributed by atoms with Crippen molar-refractivity contribution < 1.29 is 9.90 Å². The number of hydrogen-bond acceptors (Lipinski definition) is 1. The summed E-state index contributed by atoms with van der Waals surface area (Å²) in [5.74, 6) is -0.754. The summed E-state index contributed by atoms with van der Waals surface area (Å²) in [4.78, 5) is 10.4. The molecule has 0 amide bonds. The third kappa shape index (κ3) is 7.87. The van der Waals surface area contributed by atoms with Gasteiger partial charge in [0.05, 0.1) is 5.92 Å². The van der Waals surface area contributed by atoms with Gasteiger partial charge in [0.15, 0.2) is 0 Å². The molecule has 3 heteroatoms. The van der Waals surface area contributed by atoms with Gasteiger partial charge in [0, 0.05) is 0 Å². The van der Waals surface area contributed by atoms with E-state index in [1.807, 2.05) is 6.92 Å². The molecule has 0 spiro atoms. The van der Waals surface area contributed by atoms with Crippen LogP contribution in [0.5, 0.6) is 0 Å². The molecule has 0 aliphatic carbocycles. The van der Waals surface area contributed by atoms with E-state index in [0.717, 1.165) is 25.7 Å². The molecule has 0 radical (unpaired) electrons. The van der Waals surface area contributed by atoms with Crippen LogP contribution in [-0.2, 0) is 4.79 Å². The van der Waals surface area contributed by atoms with Gasteiger partial charge in [0.2, 0.25) is 0 Å². The fraction of sp³-hybridized carbons (Fsp3) is 0.875. The van der Waals surface area contributed by atoms with Gasteiger partial charge < -0.3 is 5.11 Å². The number of aliphatic carboxylic acids is 1. The first-order valence-electron chi connectivity index (χ1n) is 3.95. The van der Waals surface area contributed by atoms with Crippen LogP contribution in [0.25, 0.3) is 0 Å². The number of hydrogen-bond donors (Lipinski definition) is 1. The molecule has 62 valence electrons. The van der Waals surface area contributed by atoms with E-state index in [1.165, 1.54) is 0 Å². The zero-order valence-electron chi connectivity index (χ0n) is 6.76. The predicted molar refractivity (Wildman–Crippen MR) is 48.1 cm³/mol. The maximum atomic E-state index is 10.4. The molecule has 0 aliphatic heterocycles. The van der Waals surface area contributed by atoms with Gasteiger partial charge in [-0.2, -0.15) is 0 Å².